The number of anilines is 1. The van der Waals surface area contributed by atoms with Crippen LogP contribution in [0.4, 0.5) is 10.1 Å². The molecule has 0 amide bonds. The Balaban J connectivity index is 0.00000243. The summed E-state index contributed by atoms with van der Waals surface area (Å²) in [6, 6.07) is 16.0. The van der Waals surface area contributed by atoms with Crippen LogP contribution in [0.15, 0.2) is 53.5 Å². The monoisotopic (exact) mass is 465 g/mol. The maximum Gasteiger partial charge on any atom is 0.191 e. The zero-order valence-corrected chi connectivity index (χ0v) is 16.6. The molecule has 0 unspecified atom stereocenters. The van der Waals surface area contributed by atoms with Gasteiger partial charge in [0.15, 0.2) is 5.96 Å². The lowest BCUT2D eigenvalue weighted by Crippen LogP contribution is -2.51. The molecule has 7 heteroatoms. The van der Waals surface area contributed by atoms with Crippen LogP contribution in [0.25, 0.3) is 0 Å². The third kappa shape index (κ3) is 5.08. The van der Waals surface area contributed by atoms with Crippen molar-refractivity contribution in [3.05, 3.63) is 65.5 Å². The van der Waals surface area contributed by atoms with Gasteiger partial charge in [-0.05, 0) is 42.0 Å². The minimum atomic E-state index is -0.223. The Hall–Kier alpha value is -2.34. The zero-order valence-electron chi connectivity index (χ0n) is 14.3. The van der Waals surface area contributed by atoms with Gasteiger partial charge in [0, 0.05) is 31.9 Å². The summed E-state index contributed by atoms with van der Waals surface area (Å²) in [6.45, 7) is 3.62. The highest BCUT2D eigenvalue weighted by Crippen LogP contribution is 2.17. The van der Waals surface area contributed by atoms with Gasteiger partial charge < -0.3 is 15.5 Å². The van der Waals surface area contributed by atoms with Gasteiger partial charge >= 0.3 is 0 Å². The van der Waals surface area contributed by atoms with Crippen LogP contribution >= 0.6 is 24.0 Å². The Morgan fingerprint density at radius 2 is 1.81 bits per heavy atom. The van der Waals surface area contributed by atoms with E-state index in [-0.39, 0.29) is 29.8 Å². The molecule has 0 aliphatic carbocycles. The average Bonchev–Trinajstić information content (AvgIpc) is 2.67. The van der Waals surface area contributed by atoms with E-state index in [9.17, 15) is 4.39 Å². The fraction of sp³-hybridized carbons (Fsp3) is 0.263. The normalized spacial score (nSPS) is 14.5. The lowest BCUT2D eigenvalue weighted by Gasteiger charge is -2.36. The first-order valence-electron chi connectivity index (χ1n) is 8.20. The number of aliphatic imine (C=N–C) groups is 1. The predicted molar refractivity (Wildman–Crippen MR) is 112 cm³/mol. The fourth-order valence-corrected chi connectivity index (χ4v) is 2.86. The molecule has 1 heterocycles. The Morgan fingerprint density at radius 1 is 1.12 bits per heavy atom. The molecule has 5 nitrogen and oxygen atoms in total. The van der Waals surface area contributed by atoms with Crippen LogP contribution in [0.2, 0.25) is 0 Å². The maximum absolute atomic E-state index is 13.0. The molecule has 136 valence electrons. The number of hydrogen-bond donors (Lipinski definition) is 1. The number of nitrogens with two attached hydrogens (primary N) is 1. The lowest BCUT2D eigenvalue weighted by molar-refractivity contribution is 0.380. The lowest BCUT2D eigenvalue weighted by atomic mass is 10.1. The van der Waals surface area contributed by atoms with E-state index in [0.29, 0.717) is 18.1 Å². The first kappa shape index (κ1) is 20.0. The molecule has 0 spiro atoms. The Labute approximate surface area is 169 Å². The van der Waals surface area contributed by atoms with E-state index in [1.54, 1.807) is 18.2 Å². The Morgan fingerprint density at radius 3 is 2.46 bits per heavy atom. The van der Waals surface area contributed by atoms with Gasteiger partial charge in [-0.25, -0.2) is 9.38 Å². The van der Waals surface area contributed by atoms with E-state index in [1.165, 1.54) is 12.1 Å². The standard InChI is InChI=1S/C19H20FN5.HI/c20-17-4-6-18(7-5-17)24-8-10-25(11-9-24)19(22)23-14-16-3-1-2-15(12-16)13-21;/h1-7,12H,8-11,14H2,(H2,22,23);1H. The molecule has 0 aromatic heterocycles. The molecule has 0 radical (unpaired) electrons. The van der Waals surface area contributed by atoms with E-state index in [1.807, 2.05) is 23.1 Å². The number of nitriles is 1. The molecule has 3 rings (SSSR count). The fourth-order valence-electron chi connectivity index (χ4n) is 2.86. The Bertz CT molecular complexity index is 792. The van der Waals surface area contributed by atoms with E-state index < -0.39 is 0 Å². The van der Waals surface area contributed by atoms with E-state index in [2.05, 4.69) is 16.0 Å². The smallest absolute Gasteiger partial charge is 0.191 e. The quantitative estimate of drug-likeness (QED) is 0.430. The second-order valence-corrected chi connectivity index (χ2v) is 5.94. The average molecular weight is 465 g/mol. The first-order chi connectivity index (χ1) is 12.2. The van der Waals surface area contributed by atoms with Gasteiger partial charge in [0.25, 0.3) is 0 Å². The molecule has 1 fully saturated rings. The van der Waals surface area contributed by atoms with Gasteiger partial charge in [0.05, 0.1) is 18.2 Å². The number of guanidine groups is 1. The number of nitrogens with zero attached hydrogens (tertiary/aromatic N) is 4. The summed E-state index contributed by atoms with van der Waals surface area (Å²) in [7, 11) is 0. The van der Waals surface area contributed by atoms with Crippen LogP contribution in [-0.4, -0.2) is 37.0 Å². The van der Waals surface area contributed by atoms with Crippen LogP contribution < -0.4 is 10.6 Å². The molecule has 0 bridgehead atoms. The topological polar surface area (TPSA) is 68.6 Å². The van der Waals surface area contributed by atoms with Crippen LogP contribution in [-0.2, 0) is 6.54 Å². The van der Waals surface area contributed by atoms with Crippen LogP contribution in [0.3, 0.4) is 0 Å². The summed E-state index contributed by atoms with van der Waals surface area (Å²) in [5.74, 6) is 0.292. The van der Waals surface area contributed by atoms with Crippen molar-refractivity contribution in [2.24, 2.45) is 10.7 Å². The molecule has 26 heavy (non-hydrogen) atoms. The highest BCUT2D eigenvalue weighted by Gasteiger charge is 2.18. The van der Waals surface area contributed by atoms with Crippen molar-refractivity contribution in [2.45, 2.75) is 6.54 Å². The molecule has 2 N–H and O–H groups in total. The van der Waals surface area contributed by atoms with Crippen molar-refractivity contribution in [1.82, 2.24) is 4.90 Å². The third-order valence-corrected chi connectivity index (χ3v) is 4.28. The second-order valence-electron chi connectivity index (χ2n) is 5.94. The molecule has 1 aliphatic heterocycles. The minimum Gasteiger partial charge on any atom is -0.370 e. The highest BCUT2D eigenvalue weighted by atomic mass is 127. The number of rotatable bonds is 3. The SMILES string of the molecule is I.N#Cc1cccc(CN=C(N)N2CCN(c3ccc(F)cc3)CC2)c1. The molecular formula is C19H21FIN5. The van der Waals surface area contributed by atoms with Gasteiger partial charge in [0.1, 0.15) is 5.82 Å². The zero-order chi connectivity index (χ0) is 17.6. The summed E-state index contributed by atoms with van der Waals surface area (Å²) in [5, 5.41) is 8.93. The molecule has 0 saturated carbocycles. The minimum absolute atomic E-state index is 0. The molecule has 0 atom stereocenters. The van der Waals surface area contributed by atoms with Crippen LogP contribution in [0, 0.1) is 17.1 Å². The van der Waals surface area contributed by atoms with Crippen molar-refractivity contribution in [3.8, 4) is 6.07 Å². The first-order valence-corrected chi connectivity index (χ1v) is 8.20. The molecular weight excluding hydrogens is 444 g/mol. The van der Waals surface area contributed by atoms with Crippen LogP contribution in [0.5, 0.6) is 0 Å². The predicted octanol–water partition coefficient (Wildman–Crippen LogP) is 2.95. The van der Waals surface area contributed by atoms with Crippen molar-refractivity contribution < 1.29 is 4.39 Å². The number of hydrogen-bond acceptors (Lipinski definition) is 3. The van der Waals surface area contributed by atoms with E-state index >= 15 is 0 Å². The van der Waals surface area contributed by atoms with Gasteiger partial charge in [-0.2, -0.15) is 5.26 Å². The summed E-state index contributed by atoms with van der Waals surface area (Å²) < 4.78 is 13.0. The molecule has 1 saturated heterocycles. The van der Waals surface area contributed by atoms with Gasteiger partial charge in [-0.15, -0.1) is 24.0 Å². The number of halogens is 2. The summed E-state index contributed by atoms with van der Waals surface area (Å²) in [5.41, 5.74) is 8.72. The third-order valence-electron chi connectivity index (χ3n) is 4.28. The van der Waals surface area contributed by atoms with Crippen LogP contribution in [0.1, 0.15) is 11.1 Å². The van der Waals surface area contributed by atoms with Gasteiger partial charge in [0.2, 0.25) is 0 Å². The van der Waals surface area contributed by atoms with Gasteiger partial charge in [-0.1, -0.05) is 12.1 Å². The van der Waals surface area contributed by atoms with Crippen molar-refractivity contribution in [2.75, 3.05) is 31.1 Å². The summed E-state index contributed by atoms with van der Waals surface area (Å²) in [6.07, 6.45) is 0. The largest absolute Gasteiger partial charge is 0.370 e. The van der Waals surface area contributed by atoms with Crippen molar-refractivity contribution in [3.63, 3.8) is 0 Å². The molecule has 1 aliphatic rings. The number of piperazine rings is 1. The van der Waals surface area contributed by atoms with Crippen molar-refractivity contribution in [1.29, 1.82) is 5.26 Å². The second kappa shape index (κ2) is 9.38. The van der Waals surface area contributed by atoms with E-state index in [0.717, 1.165) is 37.4 Å². The highest BCUT2D eigenvalue weighted by molar-refractivity contribution is 14.0. The maximum atomic E-state index is 13.0. The summed E-state index contributed by atoms with van der Waals surface area (Å²) in [4.78, 5) is 8.70. The van der Waals surface area contributed by atoms with Gasteiger partial charge in [-0.3, -0.25) is 0 Å². The van der Waals surface area contributed by atoms with E-state index in [4.69, 9.17) is 11.0 Å². The summed E-state index contributed by atoms with van der Waals surface area (Å²) >= 11 is 0. The Kier molecular flexibility index (Phi) is 7.21. The molecule has 2 aromatic carbocycles. The molecule has 2 aromatic rings. The number of benzene rings is 2. The van der Waals surface area contributed by atoms with Crippen molar-refractivity contribution >= 4 is 35.6 Å².